The molecule has 0 saturated carbocycles. The van der Waals surface area contributed by atoms with Crippen molar-refractivity contribution < 1.29 is 19.4 Å². The van der Waals surface area contributed by atoms with Crippen LogP contribution in [-0.2, 0) is 9.53 Å². The quantitative estimate of drug-likeness (QED) is 0.908. The van der Waals surface area contributed by atoms with E-state index < -0.39 is 12.2 Å². The maximum absolute atomic E-state index is 12.3. The molecule has 1 fully saturated rings. The van der Waals surface area contributed by atoms with Gasteiger partial charge in [-0.2, -0.15) is 0 Å². The zero-order valence-electron chi connectivity index (χ0n) is 12.4. The Morgan fingerprint density at radius 2 is 1.83 bits per heavy atom. The number of carbonyl (C=O) groups excluding carboxylic acids is 2. The van der Waals surface area contributed by atoms with Crippen LogP contribution in [0.5, 0.6) is 0 Å². The molecule has 0 aromatic heterocycles. The lowest BCUT2D eigenvalue weighted by Gasteiger charge is -2.16. The Hall–Kier alpha value is -2.50. The second-order valence-corrected chi connectivity index (χ2v) is 5.37. The average molecular weight is 311 g/mol. The van der Waals surface area contributed by atoms with Crippen molar-refractivity contribution in [3.05, 3.63) is 65.7 Å². The Morgan fingerprint density at radius 1 is 1.13 bits per heavy atom. The van der Waals surface area contributed by atoms with Gasteiger partial charge in [-0.05, 0) is 18.2 Å². The minimum atomic E-state index is -0.780. The molecule has 2 N–H and O–H groups in total. The SMILES string of the molecule is O=C(Nc1ccccc1[C@H]1CC(=O)[C@@H](CO)O1)c1ccccc1. The van der Waals surface area contributed by atoms with E-state index >= 15 is 0 Å². The van der Waals surface area contributed by atoms with Gasteiger partial charge in [0.05, 0.1) is 12.7 Å². The van der Waals surface area contributed by atoms with E-state index in [-0.39, 0.29) is 24.7 Å². The van der Waals surface area contributed by atoms with Gasteiger partial charge < -0.3 is 15.2 Å². The lowest BCUT2D eigenvalue weighted by Crippen LogP contribution is -2.19. The van der Waals surface area contributed by atoms with Gasteiger partial charge in [-0.25, -0.2) is 0 Å². The molecule has 0 aliphatic carbocycles. The Morgan fingerprint density at radius 3 is 2.52 bits per heavy atom. The first-order chi connectivity index (χ1) is 11.2. The molecule has 2 aromatic carbocycles. The molecule has 3 rings (SSSR count). The maximum Gasteiger partial charge on any atom is 0.255 e. The fourth-order valence-electron chi connectivity index (χ4n) is 2.64. The highest BCUT2D eigenvalue weighted by Gasteiger charge is 2.34. The molecular weight excluding hydrogens is 294 g/mol. The number of anilines is 1. The van der Waals surface area contributed by atoms with E-state index in [1.807, 2.05) is 24.3 Å². The molecule has 1 amide bonds. The highest BCUT2D eigenvalue weighted by Crippen LogP contribution is 2.34. The number of ether oxygens (including phenoxy) is 1. The molecule has 23 heavy (non-hydrogen) atoms. The van der Waals surface area contributed by atoms with Gasteiger partial charge in [-0.3, -0.25) is 9.59 Å². The van der Waals surface area contributed by atoms with Gasteiger partial charge >= 0.3 is 0 Å². The van der Waals surface area contributed by atoms with Crippen LogP contribution >= 0.6 is 0 Å². The van der Waals surface area contributed by atoms with Gasteiger partial charge in [0.15, 0.2) is 5.78 Å². The fraction of sp³-hybridized carbons (Fsp3) is 0.222. The first kappa shape index (κ1) is 15.4. The van der Waals surface area contributed by atoms with Crippen molar-refractivity contribution in [3.63, 3.8) is 0 Å². The molecule has 1 saturated heterocycles. The summed E-state index contributed by atoms with van der Waals surface area (Å²) in [5, 5.41) is 12.0. The standard InChI is InChI=1S/C18H17NO4/c20-11-17-15(21)10-16(23-17)13-8-4-5-9-14(13)19-18(22)12-6-2-1-3-7-12/h1-9,16-17,20H,10-11H2,(H,19,22)/t16-,17-/m1/s1. The van der Waals surface area contributed by atoms with Crippen LogP contribution in [0.15, 0.2) is 54.6 Å². The van der Waals surface area contributed by atoms with E-state index in [2.05, 4.69) is 5.32 Å². The molecular formula is C18H17NO4. The van der Waals surface area contributed by atoms with E-state index in [1.54, 1.807) is 30.3 Å². The first-order valence-corrected chi connectivity index (χ1v) is 7.43. The smallest absolute Gasteiger partial charge is 0.255 e. The van der Waals surface area contributed by atoms with Crippen molar-refractivity contribution in [2.75, 3.05) is 11.9 Å². The molecule has 1 heterocycles. The number of benzene rings is 2. The number of nitrogens with one attached hydrogen (secondary N) is 1. The van der Waals surface area contributed by atoms with E-state index in [9.17, 15) is 9.59 Å². The summed E-state index contributed by atoms with van der Waals surface area (Å²) in [5.74, 6) is -0.345. The molecule has 2 atom stereocenters. The summed E-state index contributed by atoms with van der Waals surface area (Å²) in [4.78, 5) is 24.1. The Balaban J connectivity index is 1.82. The predicted octanol–water partition coefficient (Wildman–Crippen LogP) is 2.33. The highest BCUT2D eigenvalue weighted by molar-refractivity contribution is 6.04. The van der Waals surface area contributed by atoms with Crippen LogP contribution in [0.2, 0.25) is 0 Å². The Bertz CT molecular complexity index is 714. The van der Waals surface area contributed by atoms with Crippen molar-refractivity contribution >= 4 is 17.4 Å². The van der Waals surface area contributed by atoms with Crippen molar-refractivity contribution in [1.29, 1.82) is 0 Å². The van der Waals surface area contributed by atoms with Crippen molar-refractivity contribution in [2.45, 2.75) is 18.6 Å². The number of ketones is 1. The summed E-state index contributed by atoms with van der Waals surface area (Å²) >= 11 is 0. The minimum Gasteiger partial charge on any atom is -0.393 e. The van der Waals surface area contributed by atoms with E-state index in [1.165, 1.54) is 0 Å². The molecule has 0 radical (unpaired) electrons. The molecule has 2 aromatic rings. The first-order valence-electron chi connectivity index (χ1n) is 7.43. The number of para-hydroxylation sites is 1. The zero-order valence-corrected chi connectivity index (χ0v) is 12.4. The van der Waals surface area contributed by atoms with Crippen LogP contribution in [0.1, 0.15) is 28.4 Å². The number of aliphatic hydroxyl groups is 1. The number of hydrogen-bond donors (Lipinski definition) is 2. The molecule has 0 spiro atoms. The van der Waals surface area contributed by atoms with Crippen LogP contribution in [0.3, 0.4) is 0 Å². The van der Waals surface area contributed by atoms with E-state index in [4.69, 9.17) is 9.84 Å². The summed E-state index contributed by atoms with van der Waals surface area (Å²) in [6.07, 6.45) is -1.03. The van der Waals surface area contributed by atoms with Gasteiger partial charge in [0.1, 0.15) is 6.10 Å². The Kier molecular flexibility index (Phi) is 4.50. The van der Waals surface area contributed by atoms with Crippen molar-refractivity contribution in [1.82, 2.24) is 0 Å². The van der Waals surface area contributed by atoms with Crippen LogP contribution in [0.25, 0.3) is 0 Å². The summed E-state index contributed by atoms with van der Waals surface area (Å²) < 4.78 is 5.59. The van der Waals surface area contributed by atoms with Crippen LogP contribution in [-0.4, -0.2) is 29.5 Å². The number of amides is 1. The van der Waals surface area contributed by atoms with Gasteiger partial charge in [0.25, 0.3) is 5.91 Å². The predicted molar refractivity (Wildman–Crippen MR) is 85.2 cm³/mol. The van der Waals surface area contributed by atoms with Crippen LogP contribution in [0, 0.1) is 0 Å². The van der Waals surface area contributed by atoms with Gasteiger partial charge in [-0.1, -0.05) is 36.4 Å². The van der Waals surface area contributed by atoms with Gasteiger partial charge in [0.2, 0.25) is 0 Å². The summed E-state index contributed by atoms with van der Waals surface area (Å²) in [6, 6.07) is 16.1. The number of hydrogen-bond acceptors (Lipinski definition) is 4. The molecule has 0 unspecified atom stereocenters. The number of rotatable bonds is 4. The third-order valence-electron chi connectivity index (χ3n) is 3.83. The van der Waals surface area contributed by atoms with Gasteiger partial charge in [0, 0.05) is 23.2 Å². The lowest BCUT2D eigenvalue weighted by atomic mass is 10.0. The van der Waals surface area contributed by atoms with E-state index in [0.29, 0.717) is 11.3 Å². The third-order valence-corrected chi connectivity index (χ3v) is 3.83. The van der Waals surface area contributed by atoms with Crippen molar-refractivity contribution in [3.8, 4) is 0 Å². The van der Waals surface area contributed by atoms with Crippen LogP contribution in [0.4, 0.5) is 5.69 Å². The van der Waals surface area contributed by atoms with Crippen LogP contribution < -0.4 is 5.32 Å². The molecule has 1 aliphatic heterocycles. The topological polar surface area (TPSA) is 75.6 Å². The normalized spacial score (nSPS) is 20.5. The largest absolute Gasteiger partial charge is 0.393 e. The average Bonchev–Trinajstić information content (AvgIpc) is 2.97. The molecule has 5 heteroatoms. The minimum absolute atomic E-state index is 0.123. The zero-order chi connectivity index (χ0) is 16.2. The number of carbonyl (C=O) groups is 2. The second-order valence-electron chi connectivity index (χ2n) is 5.37. The monoisotopic (exact) mass is 311 g/mol. The van der Waals surface area contributed by atoms with E-state index in [0.717, 1.165) is 5.56 Å². The lowest BCUT2D eigenvalue weighted by molar-refractivity contribution is -0.124. The van der Waals surface area contributed by atoms with Crippen molar-refractivity contribution in [2.24, 2.45) is 0 Å². The third kappa shape index (κ3) is 3.31. The fourth-order valence-corrected chi connectivity index (χ4v) is 2.64. The number of aliphatic hydroxyl groups excluding tert-OH is 1. The maximum atomic E-state index is 12.3. The summed E-state index contributed by atoms with van der Waals surface area (Å²) in [5.41, 5.74) is 1.90. The molecule has 1 aliphatic rings. The Labute approximate surface area is 133 Å². The summed E-state index contributed by atoms with van der Waals surface area (Å²) in [7, 11) is 0. The molecule has 5 nitrogen and oxygen atoms in total. The molecule has 118 valence electrons. The summed E-state index contributed by atoms with van der Waals surface area (Å²) in [6.45, 7) is -0.326. The van der Waals surface area contributed by atoms with Gasteiger partial charge in [-0.15, -0.1) is 0 Å². The molecule has 0 bridgehead atoms. The highest BCUT2D eigenvalue weighted by atomic mass is 16.5. The number of Topliss-reactive ketones (excluding diaryl/α,β-unsaturated/α-hetero) is 1. The second kappa shape index (κ2) is 6.73.